The Hall–Kier alpha value is -2.56. The van der Waals surface area contributed by atoms with Crippen molar-refractivity contribution in [2.75, 3.05) is 6.54 Å². The van der Waals surface area contributed by atoms with Crippen molar-refractivity contribution in [3.8, 4) is 0 Å². The molecule has 0 aromatic carbocycles. The molecule has 4 rings (SSSR count). The van der Waals surface area contributed by atoms with Gasteiger partial charge in [-0.1, -0.05) is 6.07 Å². The van der Waals surface area contributed by atoms with Crippen molar-refractivity contribution in [1.82, 2.24) is 24.4 Å². The average Bonchev–Trinajstić information content (AvgIpc) is 3.42. The molecule has 10 heteroatoms. The molecule has 32 heavy (non-hydrogen) atoms. The van der Waals surface area contributed by atoms with Gasteiger partial charge in [0.15, 0.2) is 0 Å². The quantitative estimate of drug-likeness (QED) is 0.594. The highest BCUT2D eigenvalue weighted by molar-refractivity contribution is 7.91. The summed E-state index contributed by atoms with van der Waals surface area (Å²) in [7, 11) is -3.56. The van der Waals surface area contributed by atoms with E-state index in [1.54, 1.807) is 28.4 Å². The fourth-order valence-corrected chi connectivity index (χ4v) is 6.24. The molecule has 0 spiro atoms. The maximum Gasteiger partial charge on any atom is 0.250 e. The van der Waals surface area contributed by atoms with Gasteiger partial charge in [0.1, 0.15) is 10.3 Å². The van der Waals surface area contributed by atoms with E-state index >= 15 is 0 Å². The summed E-state index contributed by atoms with van der Waals surface area (Å²) < 4.78 is 29.9. The van der Waals surface area contributed by atoms with Crippen LogP contribution >= 0.6 is 11.3 Å². The number of fused-ring (bicyclic) bond motifs is 1. The number of amides is 1. The van der Waals surface area contributed by atoms with E-state index in [-0.39, 0.29) is 18.5 Å². The number of hydrogen-bond donors (Lipinski definition) is 1. The summed E-state index contributed by atoms with van der Waals surface area (Å²) in [4.78, 5) is 19.5. The van der Waals surface area contributed by atoms with Gasteiger partial charge in [-0.25, -0.2) is 13.1 Å². The Morgan fingerprint density at radius 2 is 2.09 bits per heavy atom. The molecule has 0 radical (unpaired) electrons. The van der Waals surface area contributed by atoms with Crippen LogP contribution in [0.15, 0.2) is 34.0 Å². The van der Waals surface area contributed by atoms with Crippen LogP contribution in [0.5, 0.6) is 0 Å². The number of aryl methyl sites for hydroxylation is 3. The molecule has 4 heterocycles. The third-order valence-corrected chi connectivity index (χ3v) is 8.67. The number of nitrogens with zero attached hydrogens (tertiary/aromatic N) is 4. The van der Waals surface area contributed by atoms with Crippen molar-refractivity contribution >= 4 is 27.3 Å². The second-order valence-corrected chi connectivity index (χ2v) is 11.1. The molecule has 0 saturated carbocycles. The van der Waals surface area contributed by atoms with Crippen LogP contribution in [-0.4, -0.2) is 40.5 Å². The van der Waals surface area contributed by atoms with Crippen molar-refractivity contribution in [2.45, 2.75) is 57.5 Å². The van der Waals surface area contributed by atoms with Crippen molar-refractivity contribution in [3.63, 3.8) is 0 Å². The first-order valence-corrected chi connectivity index (χ1v) is 12.8. The van der Waals surface area contributed by atoms with E-state index < -0.39 is 10.0 Å². The Labute approximate surface area is 192 Å². The summed E-state index contributed by atoms with van der Waals surface area (Å²) in [5, 5.41) is 6.20. The van der Waals surface area contributed by atoms with Gasteiger partial charge in [-0.3, -0.25) is 14.5 Å². The Morgan fingerprint density at radius 3 is 2.75 bits per heavy atom. The topological polar surface area (TPSA) is 97.2 Å². The highest BCUT2D eigenvalue weighted by Gasteiger charge is 2.29. The smallest absolute Gasteiger partial charge is 0.250 e. The van der Waals surface area contributed by atoms with Crippen molar-refractivity contribution in [2.24, 2.45) is 0 Å². The molecule has 0 saturated heterocycles. The molecule has 1 N–H and O–H groups in total. The number of aromatic nitrogens is 3. The predicted octanol–water partition coefficient (Wildman–Crippen LogP) is 2.89. The minimum absolute atomic E-state index is 0.0161. The molecular formula is C22H27N5O3S2. The van der Waals surface area contributed by atoms with Gasteiger partial charge in [-0.2, -0.15) is 5.10 Å². The zero-order chi connectivity index (χ0) is 23.0. The number of pyridine rings is 1. The van der Waals surface area contributed by atoms with Crippen LogP contribution in [0.25, 0.3) is 0 Å². The summed E-state index contributed by atoms with van der Waals surface area (Å²) in [5.41, 5.74) is 5.57. The molecule has 1 atom stereocenters. The Kier molecular flexibility index (Phi) is 6.19. The van der Waals surface area contributed by atoms with Crippen molar-refractivity contribution in [1.29, 1.82) is 0 Å². The summed E-state index contributed by atoms with van der Waals surface area (Å²) in [6.45, 7) is 8.83. The first-order valence-electron chi connectivity index (χ1n) is 10.5. The normalized spacial score (nSPS) is 14.9. The molecule has 0 fully saturated rings. The van der Waals surface area contributed by atoms with Gasteiger partial charge in [0, 0.05) is 37.2 Å². The van der Waals surface area contributed by atoms with Crippen LogP contribution in [0.4, 0.5) is 0 Å². The van der Waals surface area contributed by atoms with Gasteiger partial charge in [0.05, 0.1) is 5.69 Å². The fourth-order valence-electron chi connectivity index (χ4n) is 4.21. The SMILES string of the molecule is Cc1cc(C)n([C@@H](C)C(=O)N2CCc3c(cnc(C)c3CNS(=O)(=O)c3cccs3)C2)n1. The Morgan fingerprint density at radius 1 is 1.31 bits per heavy atom. The highest BCUT2D eigenvalue weighted by Crippen LogP contribution is 2.26. The van der Waals surface area contributed by atoms with Gasteiger partial charge in [0.25, 0.3) is 0 Å². The minimum atomic E-state index is -3.56. The largest absolute Gasteiger partial charge is 0.336 e. The van der Waals surface area contributed by atoms with Gasteiger partial charge < -0.3 is 4.90 Å². The van der Waals surface area contributed by atoms with Crippen LogP contribution in [-0.2, 0) is 34.3 Å². The van der Waals surface area contributed by atoms with E-state index in [2.05, 4.69) is 14.8 Å². The number of sulfonamides is 1. The molecule has 0 unspecified atom stereocenters. The standard InChI is InChI=1S/C22H27N5O3S2/c1-14-10-15(2)27(25-14)17(4)22(28)26-8-7-19-18(13-26)11-23-16(3)20(19)12-24-32(29,30)21-6-5-9-31-21/h5-6,9-11,17,24H,7-8,12-13H2,1-4H3/t17-/m0/s1. The number of nitrogens with one attached hydrogen (secondary N) is 1. The first kappa shape index (κ1) is 22.6. The number of rotatable bonds is 6. The maximum absolute atomic E-state index is 13.2. The Balaban J connectivity index is 1.52. The molecular weight excluding hydrogens is 446 g/mol. The lowest BCUT2D eigenvalue weighted by Crippen LogP contribution is -2.41. The van der Waals surface area contributed by atoms with Crippen LogP contribution in [0.3, 0.4) is 0 Å². The second kappa shape index (κ2) is 8.76. The lowest BCUT2D eigenvalue weighted by atomic mass is 9.94. The minimum Gasteiger partial charge on any atom is -0.336 e. The fraction of sp³-hybridized carbons (Fsp3) is 0.409. The van der Waals surface area contributed by atoms with E-state index in [9.17, 15) is 13.2 Å². The summed E-state index contributed by atoms with van der Waals surface area (Å²) in [6.07, 6.45) is 2.46. The van der Waals surface area contributed by atoms with Gasteiger partial charge >= 0.3 is 0 Å². The van der Waals surface area contributed by atoms with E-state index in [1.807, 2.05) is 38.7 Å². The average molecular weight is 474 g/mol. The molecule has 8 nitrogen and oxygen atoms in total. The van der Waals surface area contributed by atoms with E-state index in [4.69, 9.17) is 0 Å². The van der Waals surface area contributed by atoms with E-state index in [1.165, 1.54) is 11.3 Å². The van der Waals surface area contributed by atoms with Crippen LogP contribution < -0.4 is 4.72 Å². The number of thiophene rings is 1. The summed E-state index contributed by atoms with van der Waals surface area (Å²) in [5.74, 6) is 0.0161. The van der Waals surface area contributed by atoms with Crippen LogP contribution in [0.2, 0.25) is 0 Å². The van der Waals surface area contributed by atoms with Crippen molar-refractivity contribution in [3.05, 3.63) is 63.5 Å². The highest BCUT2D eigenvalue weighted by atomic mass is 32.2. The summed E-state index contributed by atoms with van der Waals surface area (Å²) >= 11 is 1.19. The number of carbonyl (C=O) groups excluding carboxylic acids is 1. The first-order chi connectivity index (χ1) is 15.2. The maximum atomic E-state index is 13.2. The van der Waals surface area contributed by atoms with Crippen LogP contribution in [0.1, 0.15) is 46.7 Å². The third-order valence-electron chi connectivity index (χ3n) is 5.88. The van der Waals surface area contributed by atoms with Gasteiger partial charge in [0.2, 0.25) is 15.9 Å². The van der Waals surface area contributed by atoms with E-state index in [0.717, 1.165) is 33.8 Å². The zero-order valence-electron chi connectivity index (χ0n) is 18.6. The molecule has 1 aliphatic heterocycles. The van der Waals surface area contributed by atoms with Gasteiger partial charge in [-0.15, -0.1) is 11.3 Å². The summed E-state index contributed by atoms with van der Waals surface area (Å²) in [6, 6.07) is 4.88. The Bertz CT molecular complexity index is 1250. The van der Waals surface area contributed by atoms with E-state index in [0.29, 0.717) is 23.7 Å². The van der Waals surface area contributed by atoms with Crippen LogP contribution in [0, 0.1) is 20.8 Å². The molecule has 1 amide bonds. The molecule has 3 aromatic heterocycles. The second-order valence-electron chi connectivity index (χ2n) is 8.14. The molecule has 0 aliphatic carbocycles. The molecule has 3 aromatic rings. The molecule has 0 bridgehead atoms. The third kappa shape index (κ3) is 4.35. The van der Waals surface area contributed by atoms with Gasteiger partial charge in [-0.05, 0) is 68.3 Å². The number of hydrogen-bond acceptors (Lipinski definition) is 6. The predicted molar refractivity (Wildman–Crippen MR) is 123 cm³/mol. The van der Waals surface area contributed by atoms with Crippen molar-refractivity contribution < 1.29 is 13.2 Å². The zero-order valence-corrected chi connectivity index (χ0v) is 20.3. The molecule has 170 valence electrons. The monoisotopic (exact) mass is 473 g/mol. The lowest BCUT2D eigenvalue weighted by molar-refractivity contribution is -0.135. The lowest BCUT2D eigenvalue weighted by Gasteiger charge is -2.32. The number of carbonyl (C=O) groups is 1. The molecule has 1 aliphatic rings.